The molecule has 2 aliphatic rings. The molecule has 0 spiro atoms. The maximum atomic E-state index is 13.2. The van der Waals surface area contributed by atoms with Gasteiger partial charge in [-0.25, -0.2) is 4.98 Å². The quantitative estimate of drug-likeness (QED) is 0.440. The highest BCUT2D eigenvalue weighted by Crippen LogP contribution is 2.27. The molecule has 12 heteroatoms. The topological polar surface area (TPSA) is 152 Å². The molecule has 0 saturated carbocycles. The molecule has 12 nitrogen and oxygen atoms in total. The van der Waals surface area contributed by atoms with Crippen LogP contribution in [0.5, 0.6) is 0 Å². The average molecular weight is 513 g/mol. The standard InChI is InChI=1S/C23H28N6O2.2CH2O2/c1-27(2)21-18-6-9-28(22(30)17-3-4-19-16(15-17)5-8-24-19)10-7-20(18)25-23(26-21)29-11-13-31-14-12-29;2*2-1-3/h3-5,8,15,24H,6-7,9-14H2,1-2H3;2*1H,(H,2,3). The fourth-order valence-electron chi connectivity index (χ4n) is 4.41. The molecule has 4 heterocycles. The SMILES string of the molecule is CN(C)c1nc(N2CCOCC2)nc2c1CCN(C(=O)c1ccc3[nH]ccc3c1)CC2.O=CO.O=CO. The number of benzene rings is 1. The minimum Gasteiger partial charge on any atom is -0.483 e. The molecule has 3 aromatic rings. The van der Waals surface area contributed by atoms with Crippen molar-refractivity contribution >= 4 is 41.5 Å². The number of aromatic amines is 1. The van der Waals surface area contributed by atoms with Crippen molar-refractivity contribution in [3.05, 3.63) is 47.3 Å². The maximum absolute atomic E-state index is 13.2. The van der Waals surface area contributed by atoms with Crippen LogP contribution < -0.4 is 9.80 Å². The van der Waals surface area contributed by atoms with E-state index in [0.29, 0.717) is 26.3 Å². The van der Waals surface area contributed by atoms with Crippen LogP contribution in [0, 0.1) is 0 Å². The molecule has 2 aromatic heterocycles. The Kier molecular flexibility index (Phi) is 9.78. The van der Waals surface area contributed by atoms with Gasteiger partial charge >= 0.3 is 0 Å². The number of nitrogens with zero attached hydrogens (tertiary/aromatic N) is 5. The van der Waals surface area contributed by atoms with Gasteiger partial charge in [0.05, 0.1) is 18.9 Å². The molecule has 37 heavy (non-hydrogen) atoms. The summed E-state index contributed by atoms with van der Waals surface area (Å²) in [6.45, 7) is 3.83. The van der Waals surface area contributed by atoms with E-state index in [-0.39, 0.29) is 18.9 Å². The van der Waals surface area contributed by atoms with Crippen LogP contribution >= 0.6 is 0 Å². The normalized spacial score (nSPS) is 14.8. The third-order valence-corrected chi connectivity index (χ3v) is 6.11. The van der Waals surface area contributed by atoms with Gasteiger partial charge in [-0.1, -0.05) is 0 Å². The van der Waals surface area contributed by atoms with Crippen molar-refractivity contribution in [2.24, 2.45) is 0 Å². The first-order valence-electron chi connectivity index (χ1n) is 11.8. The Bertz CT molecular complexity index is 1200. The molecular formula is C25H32N6O6. The van der Waals surface area contributed by atoms with E-state index in [0.717, 1.165) is 65.4 Å². The first kappa shape index (κ1) is 27.4. The number of hydrogen-bond acceptors (Lipinski definition) is 8. The van der Waals surface area contributed by atoms with Gasteiger partial charge in [0, 0.05) is 74.9 Å². The summed E-state index contributed by atoms with van der Waals surface area (Å²) in [5.74, 6) is 1.79. The lowest BCUT2D eigenvalue weighted by atomic mass is 10.1. The van der Waals surface area contributed by atoms with E-state index in [1.807, 2.05) is 49.5 Å². The van der Waals surface area contributed by atoms with Gasteiger partial charge in [0.15, 0.2) is 0 Å². The van der Waals surface area contributed by atoms with Crippen LogP contribution in [-0.4, -0.2) is 102 Å². The molecule has 0 unspecified atom stereocenters. The van der Waals surface area contributed by atoms with Crippen LogP contribution in [0.1, 0.15) is 21.6 Å². The zero-order valence-corrected chi connectivity index (χ0v) is 21.0. The molecule has 2 aliphatic heterocycles. The second-order valence-corrected chi connectivity index (χ2v) is 8.55. The van der Waals surface area contributed by atoms with Gasteiger partial charge in [-0.05, 0) is 30.7 Å². The number of aromatic nitrogens is 3. The Morgan fingerprint density at radius 2 is 1.70 bits per heavy atom. The molecule has 5 rings (SSSR count). The van der Waals surface area contributed by atoms with E-state index in [4.69, 9.17) is 34.5 Å². The number of amides is 1. The number of carbonyl (C=O) groups excluding carboxylic acids is 1. The highest BCUT2D eigenvalue weighted by atomic mass is 16.5. The van der Waals surface area contributed by atoms with E-state index in [2.05, 4.69) is 14.8 Å². The summed E-state index contributed by atoms with van der Waals surface area (Å²) in [5, 5.41) is 14.8. The Hall–Kier alpha value is -4.19. The zero-order valence-electron chi connectivity index (χ0n) is 21.0. The predicted molar refractivity (Wildman–Crippen MR) is 138 cm³/mol. The Morgan fingerprint density at radius 3 is 2.38 bits per heavy atom. The number of fused-ring (bicyclic) bond motifs is 2. The molecule has 0 aliphatic carbocycles. The summed E-state index contributed by atoms with van der Waals surface area (Å²) in [7, 11) is 4.04. The number of nitrogens with one attached hydrogen (secondary N) is 1. The molecule has 198 valence electrons. The first-order chi connectivity index (χ1) is 17.9. The minimum absolute atomic E-state index is 0.0728. The van der Waals surface area contributed by atoms with Crippen molar-refractivity contribution in [2.75, 3.05) is 63.3 Å². The number of carboxylic acid groups (broad SMARTS) is 2. The van der Waals surface area contributed by atoms with E-state index >= 15 is 0 Å². The fourth-order valence-corrected chi connectivity index (χ4v) is 4.41. The van der Waals surface area contributed by atoms with Crippen molar-refractivity contribution in [1.29, 1.82) is 0 Å². The lowest BCUT2D eigenvalue weighted by Crippen LogP contribution is -2.38. The molecule has 0 bridgehead atoms. The van der Waals surface area contributed by atoms with Crippen LogP contribution in [0.25, 0.3) is 10.9 Å². The lowest BCUT2D eigenvalue weighted by Gasteiger charge is -2.28. The van der Waals surface area contributed by atoms with Gasteiger partial charge in [-0.15, -0.1) is 0 Å². The van der Waals surface area contributed by atoms with Crippen molar-refractivity contribution < 1.29 is 29.3 Å². The summed E-state index contributed by atoms with van der Waals surface area (Å²) in [5.41, 5.74) is 3.97. The smallest absolute Gasteiger partial charge is 0.290 e. The largest absolute Gasteiger partial charge is 0.483 e. The van der Waals surface area contributed by atoms with Crippen molar-refractivity contribution in [3.8, 4) is 0 Å². The fraction of sp³-hybridized carbons (Fsp3) is 0.400. The number of hydrogen-bond donors (Lipinski definition) is 3. The maximum Gasteiger partial charge on any atom is 0.290 e. The van der Waals surface area contributed by atoms with Crippen molar-refractivity contribution in [2.45, 2.75) is 12.8 Å². The molecule has 1 aromatic carbocycles. The van der Waals surface area contributed by atoms with E-state index in [1.165, 1.54) is 0 Å². The molecule has 1 fully saturated rings. The van der Waals surface area contributed by atoms with Gasteiger partial charge in [0.2, 0.25) is 5.95 Å². The van der Waals surface area contributed by atoms with Gasteiger partial charge in [-0.2, -0.15) is 4.98 Å². The van der Waals surface area contributed by atoms with Gasteiger partial charge in [-0.3, -0.25) is 14.4 Å². The number of anilines is 2. The summed E-state index contributed by atoms with van der Waals surface area (Å²) in [6, 6.07) is 7.84. The lowest BCUT2D eigenvalue weighted by molar-refractivity contribution is -0.123. The molecule has 3 N–H and O–H groups in total. The predicted octanol–water partition coefficient (Wildman–Crippen LogP) is 1.50. The minimum atomic E-state index is -0.250. The van der Waals surface area contributed by atoms with Crippen molar-refractivity contribution in [3.63, 3.8) is 0 Å². The summed E-state index contributed by atoms with van der Waals surface area (Å²) in [6.07, 6.45) is 3.38. The molecule has 1 saturated heterocycles. The monoisotopic (exact) mass is 512 g/mol. The van der Waals surface area contributed by atoms with Gasteiger partial charge < -0.3 is 34.6 Å². The van der Waals surface area contributed by atoms with Crippen LogP contribution in [0.3, 0.4) is 0 Å². The first-order valence-corrected chi connectivity index (χ1v) is 11.8. The molecule has 1 amide bonds. The summed E-state index contributed by atoms with van der Waals surface area (Å²) < 4.78 is 5.48. The van der Waals surface area contributed by atoms with Gasteiger partial charge in [0.1, 0.15) is 5.82 Å². The number of rotatable bonds is 3. The van der Waals surface area contributed by atoms with Crippen molar-refractivity contribution in [1.82, 2.24) is 19.9 Å². The average Bonchev–Trinajstić information content (AvgIpc) is 3.27. The second-order valence-electron chi connectivity index (χ2n) is 8.55. The Morgan fingerprint density at radius 1 is 1.03 bits per heavy atom. The van der Waals surface area contributed by atoms with E-state index in [9.17, 15) is 4.79 Å². The number of ether oxygens (including phenoxy) is 1. The van der Waals surface area contributed by atoms with Crippen LogP contribution in [0.4, 0.5) is 11.8 Å². The van der Waals surface area contributed by atoms with E-state index in [1.54, 1.807) is 0 Å². The molecule has 0 radical (unpaired) electrons. The number of carbonyl (C=O) groups is 3. The summed E-state index contributed by atoms with van der Waals surface area (Å²) >= 11 is 0. The Balaban J connectivity index is 0.000000580. The van der Waals surface area contributed by atoms with Crippen LogP contribution in [-0.2, 0) is 27.2 Å². The third kappa shape index (κ3) is 6.73. The third-order valence-electron chi connectivity index (χ3n) is 6.11. The second kappa shape index (κ2) is 13.2. The van der Waals surface area contributed by atoms with E-state index < -0.39 is 0 Å². The zero-order chi connectivity index (χ0) is 26.8. The highest BCUT2D eigenvalue weighted by molar-refractivity contribution is 5.98. The number of morpholine rings is 1. The van der Waals surface area contributed by atoms with Crippen LogP contribution in [0.2, 0.25) is 0 Å². The molecule has 0 atom stereocenters. The summed E-state index contributed by atoms with van der Waals surface area (Å²) in [4.78, 5) is 49.2. The number of H-pyrrole nitrogens is 1. The highest BCUT2D eigenvalue weighted by Gasteiger charge is 2.26. The Labute approximate surface area is 214 Å². The van der Waals surface area contributed by atoms with Gasteiger partial charge in [0.25, 0.3) is 18.9 Å². The molecular weight excluding hydrogens is 480 g/mol. The van der Waals surface area contributed by atoms with Crippen LogP contribution in [0.15, 0.2) is 30.5 Å².